The maximum atomic E-state index is 12.9. The monoisotopic (exact) mass is 359 g/mol. The maximum Gasteiger partial charge on any atom is 0.318 e. The third kappa shape index (κ3) is 3.90. The van der Waals surface area contributed by atoms with Crippen molar-refractivity contribution in [3.8, 4) is 0 Å². The molecule has 2 atom stereocenters. The van der Waals surface area contributed by atoms with Gasteiger partial charge in [0.05, 0.1) is 37.7 Å². The average molecular weight is 359 g/mol. The molecule has 1 saturated heterocycles. The van der Waals surface area contributed by atoms with Gasteiger partial charge in [0.15, 0.2) is 0 Å². The Morgan fingerprint density at radius 1 is 1.42 bits per heavy atom. The summed E-state index contributed by atoms with van der Waals surface area (Å²) in [5.74, 6) is 1.04. The summed E-state index contributed by atoms with van der Waals surface area (Å²) < 4.78 is 12.7. The van der Waals surface area contributed by atoms with Gasteiger partial charge in [-0.2, -0.15) is 5.10 Å². The Hall–Kier alpha value is -2.35. The molecular formula is C18H25N5O3. The van der Waals surface area contributed by atoms with Gasteiger partial charge < -0.3 is 19.5 Å². The zero-order valence-corrected chi connectivity index (χ0v) is 15.2. The predicted octanol–water partition coefficient (Wildman–Crippen LogP) is 1.65. The van der Waals surface area contributed by atoms with Gasteiger partial charge in [-0.25, -0.2) is 4.79 Å². The number of nitrogens with one attached hydrogen (secondary N) is 1. The first kappa shape index (κ1) is 17.1. The lowest BCUT2D eigenvalue weighted by atomic mass is 9.98. The lowest BCUT2D eigenvalue weighted by molar-refractivity contribution is 0.173. The van der Waals surface area contributed by atoms with Crippen molar-refractivity contribution >= 4 is 6.03 Å². The lowest BCUT2D eigenvalue weighted by Crippen LogP contribution is -2.48. The molecule has 140 valence electrons. The van der Waals surface area contributed by atoms with E-state index in [1.165, 1.54) is 0 Å². The van der Waals surface area contributed by atoms with Crippen molar-refractivity contribution in [2.45, 2.75) is 44.8 Å². The van der Waals surface area contributed by atoms with E-state index >= 15 is 0 Å². The Kier molecular flexibility index (Phi) is 4.67. The largest absolute Gasteiger partial charge is 0.379 e. The number of carbonyl (C=O) groups is 1. The second-order valence-corrected chi connectivity index (χ2v) is 7.37. The SMILES string of the molecule is Cc1cc(C[C@@H]2COC[C@@H]2NC(=O)N(Cc2cnn(C)c2)C2CC2)on1. The predicted molar refractivity (Wildman–Crippen MR) is 93.3 cm³/mol. The van der Waals surface area contributed by atoms with Crippen LogP contribution in [0.15, 0.2) is 23.0 Å². The molecule has 4 rings (SSSR count). The van der Waals surface area contributed by atoms with Crippen LogP contribution in [-0.2, 0) is 24.8 Å². The van der Waals surface area contributed by atoms with Crippen molar-refractivity contribution in [2.75, 3.05) is 13.2 Å². The first-order valence-corrected chi connectivity index (χ1v) is 9.13. The van der Waals surface area contributed by atoms with Crippen LogP contribution in [-0.4, -0.2) is 51.2 Å². The topological polar surface area (TPSA) is 85.4 Å². The summed E-state index contributed by atoms with van der Waals surface area (Å²) in [7, 11) is 1.89. The Balaban J connectivity index is 1.38. The Labute approximate surface area is 152 Å². The van der Waals surface area contributed by atoms with Gasteiger partial charge in [-0.15, -0.1) is 0 Å². The number of aromatic nitrogens is 3. The fraction of sp³-hybridized carbons (Fsp3) is 0.611. The average Bonchev–Trinajstić information content (AvgIpc) is 3.00. The van der Waals surface area contributed by atoms with Crippen molar-refractivity contribution in [3.63, 3.8) is 0 Å². The summed E-state index contributed by atoms with van der Waals surface area (Å²) in [6.45, 7) is 3.65. The minimum atomic E-state index is -0.0226. The number of nitrogens with zero attached hydrogens (tertiary/aromatic N) is 4. The van der Waals surface area contributed by atoms with Gasteiger partial charge in [-0.3, -0.25) is 4.68 Å². The van der Waals surface area contributed by atoms with E-state index < -0.39 is 0 Å². The minimum Gasteiger partial charge on any atom is -0.379 e. The second-order valence-electron chi connectivity index (χ2n) is 7.37. The normalized spacial score (nSPS) is 22.5. The molecule has 0 bridgehead atoms. The van der Waals surface area contributed by atoms with E-state index in [0.717, 1.165) is 36.3 Å². The first-order chi connectivity index (χ1) is 12.6. The van der Waals surface area contributed by atoms with Gasteiger partial charge in [0.2, 0.25) is 0 Å². The van der Waals surface area contributed by atoms with E-state index in [1.54, 1.807) is 4.68 Å². The molecule has 3 heterocycles. The van der Waals surface area contributed by atoms with Gasteiger partial charge in [0.1, 0.15) is 5.76 Å². The number of hydrogen-bond acceptors (Lipinski definition) is 5. The van der Waals surface area contributed by atoms with E-state index in [-0.39, 0.29) is 18.0 Å². The number of hydrogen-bond donors (Lipinski definition) is 1. The number of amides is 2. The zero-order valence-electron chi connectivity index (χ0n) is 15.2. The van der Waals surface area contributed by atoms with Crippen molar-refractivity contribution in [1.29, 1.82) is 0 Å². The van der Waals surface area contributed by atoms with Crippen molar-refractivity contribution in [3.05, 3.63) is 35.5 Å². The van der Waals surface area contributed by atoms with Gasteiger partial charge in [-0.05, 0) is 19.8 Å². The van der Waals surface area contributed by atoms with E-state index in [2.05, 4.69) is 15.6 Å². The van der Waals surface area contributed by atoms with Crippen LogP contribution < -0.4 is 5.32 Å². The maximum absolute atomic E-state index is 12.9. The number of rotatable bonds is 6. The van der Waals surface area contributed by atoms with E-state index in [1.807, 2.05) is 37.3 Å². The smallest absolute Gasteiger partial charge is 0.318 e. The zero-order chi connectivity index (χ0) is 18.1. The highest BCUT2D eigenvalue weighted by Crippen LogP contribution is 2.29. The number of urea groups is 1. The fourth-order valence-electron chi connectivity index (χ4n) is 3.47. The molecule has 2 amide bonds. The summed E-state index contributed by atoms with van der Waals surface area (Å²) in [6, 6.07) is 2.23. The molecule has 0 radical (unpaired) electrons. The van der Waals surface area contributed by atoms with Crippen LogP contribution in [0.25, 0.3) is 0 Å². The third-order valence-corrected chi connectivity index (χ3v) is 5.01. The van der Waals surface area contributed by atoms with Crippen LogP contribution in [0.5, 0.6) is 0 Å². The summed E-state index contributed by atoms with van der Waals surface area (Å²) in [5.41, 5.74) is 1.92. The third-order valence-electron chi connectivity index (χ3n) is 5.01. The molecule has 2 aromatic heterocycles. The Morgan fingerprint density at radius 3 is 2.92 bits per heavy atom. The molecule has 1 N–H and O–H groups in total. The molecule has 1 aliphatic heterocycles. The highest BCUT2D eigenvalue weighted by Gasteiger charge is 2.36. The molecule has 1 saturated carbocycles. The molecular weight excluding hydrogens is 334 g/mol. The lowest BCUT2D eigenvalue weighted by Gasteiger charge is -2.26. The van der Waals surface area contributed by atoms with Crippen molar-refractivity contribution in [1.82, 2.24) is 25.2 Å². The van der Waals surface area contributed by atoms with Gasteiger partial charge in [-0.1, -0.05) is 5.16 Å². The first-order valence-electron chi connectivity index (χ1n) is 9.13. The molecule has 0 unspecified atom stereocenters. The van der Waals surface area contributed by atoms with Crippen LogP contribution in [0, 0.1) is 12.8 Å². The Morgan fingerprint density at radius 2 is 2.27 bits per heavy atom. The number of carbonyl (C=O) groups excluding carboxylic acids is 1. The van der Waals surface area contributed by atoms with Gasteiger partial charge in [0.25, 0.3) is 0 Å². The standard InChI is InChI=1S/C18H25N5O3/c1-12-5-16(26-21-12)6-14-10-25-11-17(14)20-18(24)23(15-3-4-15)9-13-7-19-22(2)8-13/h5,7-8,14-15,17H,3-4,6,9-11H2,1-2H3,(H,20,24)/t14-,17+/m1/s1. The highest BCUT2D eigenvalue weighted by molar-refractivity contribution is 5.75. The molecule has 2 aliphatic rings. The summed E-state index contributed by atoms with van der Waals surface area (Å²) in [6.07, 6.45) is 6.62. The minimum absolute atomic E-state index is 0.0111. The van der Waals surface area contributed by atoms with Crippen molar-refractivity contribution < 1.29 is 14.1 Å². The second kappa shape index (κ2) is 7.11. The van der Waals surface area contributed by atoms with Crippen LogP contribution in [0.3, 0.4) is 0 Å². The molecule has 8 heteroatoms. The molecule has 2 aromatic rings. The number of aryl methyl sites for hydroxylation is 2. The quantitative estimate of drug-likeness (QED) is 0.848. The summed E-state index contributed by atoms with van der Waals surface area (Å²) in [4.78, 5) is 14.8. The van der Waals surface area contributed by atoms with E-state index in [0.29, 0.717) is 25.8 Å². The number of ether oxygens (including phenoxy) is 1. The van der Waals surface area contributed by atoms with E-state index in [4.69, 9.17) is 9.26 Å². The summed E-state index contributed by atoms with van der Waals surface area (Å²) in [5, 5.41) is 11.3. The van der Waals surface area contributed by atoms with Crippen LogP contribution in [0.2, 0.25) is 0 Å². The van der Waals surface area contributed by atoms with Crippen LogP contribution in [0.4, 0.5) is 4.79 Å². The molecule has 0 spiro atoms. The molecule has 26 heavy (non-hydrogen) atoms. The molecule has 0 aromatic carbocycles. The van der Waals surface area contributed by atoms with E-state index in [9.17, 15) is 4.79 Å². The fourth-order valence-corrected chi connectivity index (χ4v) is 3.47. The summed E-state index contributed by atoms with van der Waals surface area (Å²) >= 11 is 0. The Bertz CT molecular complexity index is 766. The van der Waals surface area contributed by atoms with Gasteiger partial charge in [0, 0.05) is 43.3 Å². The van der Waals surface area contributed by atoms with Crippen LogP contribution >= 0.6 is 0 Å². The molecule has 2 fully saturated rings. The molecule has 1 aliphatic carbocycles. The molecule has 8 nitrogen and oxygen atoms in total. The van der Waals surface area contributed by atoms with Crippen molar-refractivity contribution in [2.24, 2.45) is 13.0 Å². The highest BCUT2D eigenvalue weighted by atomic mass is 16.5. The van der Waals surface area contributed by atoms with Crippen LogP contribution in [0.1, 0.15) is 29.9 Å². The van der Waals surface area contributed by atoms with Gasteiger partial charge >= 0.3 is 6.03 Å².